The molecule has 0 aromatic rings. The molecule has 22 heavy (non-hydrogen) atoms. The van der Waals surface area contributed by atoms with Crippen LogP contribution in [-0.2, 0) is 14.3 Å². The quantitative estimate of drug-likeness (QED) is 0.775. The summed E-state index contributed by atoms with van der Waals surface area (Å²) in [5.41, 5.74) is 0. The molecular weight excluding hydrogens is 300 g/mol. The molecule has 0 spiro atoms. The van der Waals surface area contributed by atoms with Crippen molar-refractivity contribution in [2.45, 2.75) is 50.4 Å². The highest BCUT2D eigenvalue weighted by Crippen LogP contribution is 2.40. The van der Waals surface area contributed by atoms with Gasteiger partial charge in [0.1, 0.15) is 6.04 Å². The number of thioether (sulfide) groups is 1. The first-order valence-electron chi connectivity index (χ1n) is 8.45. The molecule has 2 unspecified atom stereocenters. The molecule has 2 heterocycles. The van der Waals surface area contributed by atoms with Crippen LogP contribution in [0, 0.1) is 5.92 Å². The maximum Gasteiger partial charge on any atom is 0.246 e. The van der Waals surface area contributed by atoms with Crippen LogP contribution in [0.1, 0.15) is 39.0 Å². The molecule has 6 heteroatoms. The van der Waals surface area contributed by atoms with Crippen molar-refractivity contribution in [1.29, 1.82) is 0 Å². The zero-order valence-electron chi connectivity index (χ0n) is 13.3. The van der Waals surface area contributed by atoms with Crippen molar-refractivity contribution < 1.29 is 14.3 Å². The molecule has 0 radical (unpaired) electrons. The van der Waals surface area contributed by atoms with E-state index in [1.165, 1.54) is 32.1 Å². The summed E-state index contributed by atoms with van der Waals surface area (Å²) >= 11 is 1.81. The van der Waals surface area contributed by atoms with Crippen LogP contribution in [0.3, 0.4) is 0 Å². The molecule has 3 fully saturated rings. The number of morpholine rings is 1. The monoisotopic (exact) mass is 326 g/mol. The van der Waals surface area contributed by atoms with Crippen LogP contribution in [-0.4, -0.2) is 65.1 Å². The van der Waals surface area contributed by atoms with Gasteiger partial charge in [-0.25, -0.2) is 0 Å². The van der Waals surface area contributed by atoms with Crippen molar-refractivity contribution in [3.8, 4) is 0 Å². The maximum atomic E-state index is 12.8. The van der Waals surface area contributed by atoms with Crippen LogP contribution in [0.25, 0.3) is 0 Å². The van der Waals surface area contributed by atoms with E-state index in [-0.39, 0.29) is 23.2 Å². The Labute approximate surface area is 136 Å². The third kappa shape index (κ3) is 3.27. The largest absolute Gasteiger partial charge is 0.378 e. The lowest BCUT2D eigenvalue weighted by Crippen LogP contribution is -2.54. The summed E-state index contributed by atoms with van der Waals surface area (Å²) in [6, 6.07) is -0.271. The second-order valence-corrected chi connectivity index (χ2v) is 7.65. The minimum Gasteiger partial charge on any atom is -0.378 e. The van der Waals surface area contributed by atoms with E-state index in [4.69, 9.17) is 4.74 Å². The van der Waals surface area contributed by atoms with Crippen LogP contribution in [0.2, 0.25) is 0 Å². The summed E-state index contributed by atoms with van der Waals surface area (Å²) in [5.74, 6) is 1.47. The predicted octanol–water partition coefficient (Wildman–Crippen LogP) is 1.72. The molecule has 2 saturated heterocycles. The number of carbonyl (C=O) groups excluding carboxylic acids is 2. The summed E-state index contributed by atoms with van der Waals surface area (Å²) in [7, 11) is 0. The van der Waals surface area contributed by atoms with Gasteiger partial charge in [0, 0.05) is 25.8 Å². The lowest BCUT2D eigenvalue weighted by Gasteiger charge is -2.37. The first kappa shape index (κ1) is 16.1. The smallest absolute Gasteiger partial charge is 0.246 e. The molecule has 0 bridgehead atoms. The zero-order valence-corrected chi connectivity index (χ0v) is 14.1. The fraction of sp³-hybridized carbons (Fsp3) is 0.875. The van der Waals surface area contributed by atoms with Crippen LogP contribution < -0.4 is 0 Å². The Morgan fingerprint density at radius 1 is 1.09 bits per heavy atom. The minimum atomic E-state index is -0.271. The zero-order chi connectivity index (χ0) is 15.5. The van der Waals surface area contributed by atoms with E-state index in [1.807, 2.05) is 21.6 Å². The second-order valence-electron chi connectivity index (χ2n) is 6.50. The predicted molar refractivity (Wildman–Crippen MR) is 86.5 cm³/mol. The molecule has 0 N–H and O–H groups in total. The average Bonchev–Trinajstić information content (AvgIpc) is 3.01. The summed E-state index contributed by atoms with van der Waals surface area (Å²) < 4.78 is 5.32. The third-order valence-electron chi connectivity index (χ3n) is 5.06. The van der Waals surface area contributed by atoms with Crippen molar-refractivity contribution in [2.75, 3.05) is 32.1 Å². The molecule has 3 rings (SSSR count). The van der Waals surface area contributed by atoms with E-state index >= 15 is 0 Å². The van der Waals surface area contributed by atoms with Crippen LogP contribution >= 0.6 is 11.8 Å². The first-order valence-corrected chi connectivity index (χ1v) is 9.50. The molecule has 3 aliphatic rings. The van der Waals surface area contributed by atoms with Crippen molar-refractivity contribution in [3.63, 3.8) is 0 Å². The van der Waals surface area contributed by atoms with Gasteiger partial charge < -0.3 is 14.5 Å². The normalized spacial score (nSPS) is 30.6. The van der Waals surface area contributed by atoms with Crippen molar-refractivity contribution in [3.05, 3.63) is 0 Å². The first-order chi connectivity index (χ1) is 10.7. The SMILES string of the molecule is CC(=O)N1C(C(=O)N2CCOCC2)CSC1C1CCCCC1. The maximum absolute atomic E-state index is 12.8. The van der Waals surface area contributed by atoms with E-state index in [0.29, 0.717) is 32.2 Å². The highest BCUT2D eigenvalue weighted by Gasteiger charge is 2.44. The van der Waals surface area contributed by atoms with E-state index in [2.05, 4.69) is 0 Å². The fourth-order valence-corrected chi connectivity index (χ4v) is 5.58. The number of hydrogen-bond acceptors (Lipinski definition) is 4. The number of hydrogen-bond donors (Lipinski definition) is 0. The van der Waals surface area contributed by atoms with Gasteiger partial charge in [-0.2, -0.15) is 0 Å². The van der Waals surface area contributed by atoms with Gasteiger partial charge in [-0.1, -0.05) is 19.3 Å². The van der Waals surface area contributed by atoms with Gasteiger partial charge in [0.05, 0.1) is 18.6 Å². The Morgan fingerprint density at radius 3 is 2.41 bits per heavy atom. The Balaban J connectivity index is 1.70. The molecule has 2 aliphatic heterocycles. The van der Waals surface area contributed by atoms with Crippen LogP contribution in [0.5, 0.6) is 0 Å². The number of nitrogens with zero attached hydrogens (tertiary/aromatic N) is 2. The van der Waals surface area contributed by atoms with Gasteiger partial charge in [0.25, 0.3) is 0 Å². The van der Waals surface area contributed by atoms with Gasteiger partial charge in [0.15, 0.2) is 0 Å². The molecular formula is C16H26N2O3S. The van der Waals surface area contributed by atoms with Gasteiger partial charge in [-0.3, -0.25) is 9.59 Å². The van der Waals surface area contributed by atoms with Crippen LogP contribution in [0.4, 0.5) is 0 Å². The van der Waals surface area contributed by atoms with Gasteiger partial charge in [0.2, 0.25) is 11.8 Å². The van der Waals surface area contributed by atoms with Gasteiger partial charge in [-0.15, -0.1) is 11.8 Å². The Bertz CT molecular complexity index is 420. The highest BCUT2D eigenvalue weighted by molar-refractivity contribution is 8.00. The van der Waals surface area contributed by atoms with Crippen molar-refractivity contribution in [1.82, 2.24) is 9.80 Å². The summed E-state index contributed by atoms with van der Waals surface area (Å²) in [5, 5.41) is 0.202. The average molecular weight is 326 g/mol. The molecule has 124 valence electrons. The molecule has 2 atom stereocenters. The van der Waals surface area contributed by atoms with E-state index < -0.39 is 0 Å². The molecule has 0 aromatic carbocycles. The Hall–Kier alpha value is -0.750. The number of rotatable bonds is 2. The number of amides is 2. The standard InChI is InChI=1S/C16H26N2O3S/c1-12(19)18-14(15(20)17-7-9-21-10-8-17)11-22-16(18)13-5-3-2-4-6-13/h13-14,16H,2-11H2,1H3. The Kier molecular flexibility index (Phi) is 5.29. The summed E-state index contributed by atoms with van der Waals surface area (Å²) in [6.07, 6.45) is 6.22. The highest BCUT2D eigenvalue weighted by atomic mass is 32.2. The number of carbonyl (C=O) groups is 2. The lowest BCUT2D eigenvalue weighted by atomic mass is 9.88. The molecule has 1 aliphatic carbocycles. The molecule has 5 nitrogen and oxygen atoms in total. The summed E-state index contributed by atoms with van der Waals surface area (Å²) in [4.78, 5) is 28.8. The number of ether oxygens (including phenoxy) is 1. The second kappa shape index (κ2) is 7.21. The molecule has 1 saturated carbocycles. The summed E-state index contributed by atoms with van der Waals surface area (Å²) in [6.45, 7) is 4.14. The van der Waals surface area contributed by atoms with Gasteiger partial charge >= 0.3 is 0 Å². The van der Waals surface area contributed by atoms with E-state index in [0.717, 1.165) is 5.75 Å². The minimum absolute atomic E-state index is 0.0483. The van der Waals surface area contributed by atoms with E-state index in [1.54, 1.807) is 6.92 Å². The third-order valence-corrected chi connectivity index (χ3v) is 6.52. The van der Waals surface area contributed by atoms with Gasteiger partial charge in [-0.05, 0) is 18.8 Å². The fourth-order valence-electron chi connectivity index (χ4n) is 3.89. The Morgan fingerprint density at radius 2 is 1.77 bits per heavy atom. The molecule has 2 amide bonds. The lowest BCUT2D eigenvalue weighted by molar-refractivity contribution is -0.147. The topological polar surface area (TPSA) is 49.9 Å². The van der Waals surface area contributed by atoms with E-state index in [9.17, 15) is 9.59 Å². The van der Waals surface area contributed by atoms with Crippen LogP contribution in [0.15, 0.2) is 0 Å². The van der Waals surface area contributed by atoms with Crippen molar-refractivity contribution >= 4 is 23.6 Å². The van der Waals surface area contributed by atoms with Crippen molar-refractivity contribution in [2.24, 2.45) is 5.92 Å². The molecule has 0 aromatic heterocycles.